The minimum atomic E-state index is -0.879. The summed E-state index contributed by atoms with van der Waals surface area (Å²) < 4.78 is 0.914. The number of aliphatic carboxylic acids is 1. The van der Waals surface area contributed by atoms with E-state index in [0.29, 0.717) is 31.6 Å². The van der Waals surface area contributed by atoms with Crippen molar-refractivity contribution in [1.29, 1.82) is 0 Å². The van der Waals surface area contributed by atoms with Gasteiger partial charge in [0.15, 0.2) is 5.96 Å². The predicted octanol–water partition coefficient (Wildman–Crippen LogP) is 0.934. The van der Waals surface area contributed by atoms with Crippen LogP contribution in [0.5, 0.6) is 0 Å². The number of aliphatic imine (C=N–C) groups is 1. The molecule has 0 aromatic heterocycles. The van der Waals surface area contributed by atoms with E-state index >= 15 is 0 Å². The van der Waals surface area contributed by atoms with Crippen LogP contribution in [0.4, 0.5) is 4.79 Å². The molecule has 0 aliphatic carbocycles. The van der Waals surface area contributed by atoms with E-state index in [9.17, 15) is 14.4 Å². The lowest BCUT2D eigenvalue weighted by atomic mass is 10.1. The number of amides is 3. The summed E-state index contributed by atoms with van der Waals surface area (Å²) in [5, 5.41) is 17.0. The predicted molar refractivity (Wildman–Crippen MR) is 133 cm³/mol. The molecule has 0 unspecified atom stereocenters. The fourth-order valence-electron chi connectivity index (χ4n) is 2.61. The molecule has 0 saturated heterocycles. The summed E-state index contributed by atoms with van der Waals surface area (Å²) in [4.78, 5) is 54.7. The maximum absolute atomic E-state index is 12.3. The summed E-state index contributed by atoms with van der Waals surface area (Å²) in [6.07, 6.45) is 3.09. The zero-order valence-corrected chi connectivity index (χ0v) is 21.1. The summed E-state index contributed by atoms with van der Waals surface area (Å²) in [7, 11) is 0. The standard InChI is InChI=1S/C20H31IN6O4.CO2/c1-13(5-8-17(28)29)27-20(31)25-10-4-2-3-9-24-18(30)14-6-7-15(16(21)11-14)12-26-19(22)23;2-1-3/h6-7,11,13H,2-5,8-10,12H2,1H3,(H,24,30)(H,28,29)(H4,22,23,26)(H2,25,27,31);/t13-;/m1./s1/i21+4;. The first-order valence-corrected chi connectivity index (χ1v) is 11.6. The first kappa shape index (κ1) is 30.8. The van der Waals surface area contributed by atoms with Gasteiger partial charge in [0.2, 0.25) is 0 Å². The van der Waals surface area contributed by atoms with Crippen molar-refractivity contribution in [2.75, 3.05) is 13.1 Å². The summed E-state index contributed by atoms with van der Waals surface area (Å²) in [6.45, 7) is 3.20. The molecule has 1 aromatic rings. The van der Waals surface area contributed by atoms with Gasteiger partial charge in [0.25, 0.3) is 5.91 Å². The molecule has 0 saturated carbocycles. The third-order valence-electron chi connectivity index (χ3n) is 4.34. The lowest BCUT2D eigenvalue weighted by molar-refractivity contribution is -0.191. The molecule has 0 aliphatic heterocycles. The van der Waals surface area contributed by atoms with Crippen LogP contribution < -0.4 is 27.4 Å². The molecule has 0 fully saturated rings. The molecule has 13 heteroatoms. The fourth-order valence-corrected chi connectivity index (χ4v) is 3.30. The number of hydrogen-bond acceptors (Lipinski definition) is 6. The molecule has 0 aliphatic rings. The van der Waals surface area contributed by atoms with Gasteiger partial charge in [0.05, 0.1) is 6.54 Å². The maximum atomic E-state index is 12.3. The van der Waals surface area contributed by atoms with Gasteiger partial charge in [-0.05, 0) is 72.9 Å². The second-order valence-corrected chi connectivity index (χ2v) is 8.34. The van der Waals surface area contributed by atoms with Crippen molar-refractivity contribution in [2.45, 2.75) is 51.6 Å². The van der Waals surface area contributed by atoms with Crippen molar-refractivity contribution in [3.63, 3.8) is 0 Å². The number of rotatable bonds is 13. The number of benzene rings is 1. The van der Waals surface area contributed by atoms with Gasteiger partial charge >= 0.3 is 18.2 Å². The molecule has 1 atom stereocenters. The SMILES string of the molecule is C[C@H](CCC(=O)O)NC(=O)NCCCCCNC(=O)c1ccc(CN=C(N)N)c([131I])c1.O=C=O. The highest BCUT2D eigenvalue weighted by Crippen LogP contribution is 2.15. The van der Waals surface area contributed by atoms with Crippen molar-refractivity contribution >= 4 is 52.6 Å². The third kappa shape index (κ3) is 15.6. The number of carbonyl (C=O) groups excluding carboxylic acids is 4. The summed E-state index contributed by atoms with van der Waals surface area (Å²) in [5.41, 5.74) is 12.2. The van der Waals surface area contributed by atoms with Crippen LogP contribution in [0.1, 0.15) is 54.9 Å². The number of nitrogens with zero attached hydrogens (tertiary/aromatic N) is 1. The van der Waals surface area contributed by atoms with Crippen LogP contribution in [0.15, 0.2) is 23.2 Å². The Morgan fingerprint density at radius 3 is 2.29 bits per heavy atom. The largest absolute Gasteiger partial charge is 0.481 e. The van der Waals surface area contributed by atoms with Gasteiger partial charge in [-0.15, -0.1) is 0 Å². The normalized spacial score (nSPS) is 10.5. The Balaban J connectivity index is 0.00000343. The van der Waals surface area contributed by atoms with Crippen LogP contribution in [0, 0.1) is 3.57 Å². The number of guanidine groups is 1. The van der Waals surface area contributed by atoms with Crippen molar-refractivity contribution in [3.05, 3.63) is 32.9 Å². The Bertz CT molecular complexity index is 869. The first-order valence-electron chi connectivity index (χ1n) is 10.5. The van der Waals surface area contributed by atoms with Gasteiger partial charge in [-0.2, -0.15) is 9.59 Å². The molecule has 0 radical (unpaired) electrons. The van der Waals surface area contributed by atoms with Crippen LogP contribution in [-0.4, -0.2) is 54.3 Å². The first-order chi connectivity index (χ1) is 16.1. The van der Waals surface area contributed by atoms with Crippen molar-refractivity contribution in [1.82, 2.24) is 16.0 Å². The van der Waals surface area contributed by atoms with E-state index in [-0.39, 0.29) is 36.5 Å². The number of urea groups is 1. The highest BCUT2D eigenvalue weighted by molar-refractivity contribution is 14.1. The number of halogens is 1. The van der Waals surface area contributed by atoms with Gasteiger partial charge in [-0.1, -0.05) is 6.07 Å². The van der Waals surface area contributed by atoms with E-state index in [4.69, 9.17) is 26.2 Å². The zero-order valence-electron chi connectivity index (χ0n) is 18.9. The molecule has 0 heterocycles. The highest BCUT2D eigenvalue weighted by atomic mass is 131. The second kappa shape index (κ2) is 18.3. The minimum absolute atomic E-state index is 0.0222. The van der Waals surface area contributed by atoms with Gasteiger partial charge in [0, 0.05) is 34.7 Å². The lowest BCUT2D eigenvalue weighted by Gasteiger charge is -2.13. The Morgan fingerprint density at radius 2 is 1.74 bits per heavy atom. The highest BCUT2D eigenvalue weighted by Gasteiger charge is 2.09. The lowest BCUT2D eigenvalue weighted by Crippen LogP contribution is -2.41. The molecule has 0 spiro atoms. The Morgan fingerprint density at radius 1 is 1.12 bits per heavy atom. The van der Waals surface area contributed by atoms with Crippen molar-refractivity contribution < 1.29 is 29.1 Å². The fraction of sp³-hybridized carbons (Fsp3) is 0.476. The van der Waals surface area contributed by atoms with Crippen LogP contribution >= 0.6 is 22.6 Å². The van der Waals surface area contributed by atoms with E-state index in [1.165, 1.54) is 0 Å². The van der Waals surface area contributed by atoms with Crippen LogP contribution in [0.25, 0.3) is 0 Å². The molecule has 188 valence electrons. The number of nitrogens with one attached hydrogen (secondary N) is 3. The van der Waals surface area contributed by atoms with Crippen LogP contribution in [-0.2, 0) is 20.9 Å². The average Bonchev–Trinajstić information content (AvgIpc) is 2.76. The summed E-state index contributed by atoms with van der Waals surface area (Å²) >= 11 is 2.15. The molecule has 34 heavy (non-hydrogen) atoms. The topological polar surface area (TPSA) is 206 Å². The number of carbonyl (C=O) groups is 3. The number of carboxylic acid groups (broad SMARTS) is 1. The molecule has 1 aromatic carbocycles. The zero-order chi connectivity index (χ0) is 25.9. The van der Waals surface area contributed by atoms with E-state index in [0.717, 1.165) is 28.4 Å². The number of carboxylic acids is 1. The van der Waals surface area contributed by atoms with Crippen molar-refractivity contribution in [3.8, 4) is 0 Å². The third-order valence-corrected chi connectivity index (χ3v) is 5.34. The van der Waals surface area contributed by atoms with Gasteiger partial charge in [-0.3, -0.25) is 9.59 Å². The minimum Gasteiger partial charge on any atom is -0.481 e. The average molecular weight is 594 g/mol. The second-order valence-electron chi connectivity index (χ2n) is 7.18. The molecule has 12 nitrogen and oxygen atoms in total. The Hall–Kier alpha value is -3.19. The van der Waals surface area contributed by atoms with Gasteiger partial charge < -0.3 is 32.5 Å². The van der Waals surface area contributed by atoms with Crippen LogP contribution in [0.3, 0.4) is 0 Å². The molecule has 3 amide bonds. The van der Waals surface area contributed by atoms with E-state index in [1.54, 1.807) is 19.1 Å². The molecule has 8 N–H and O–H groups in total. The van der Waals surface area contributed by atoms with E-state index < -0.39 is 5.97 Å². The number of hydrogen-bond donors (Lipinski definition) is 6. The molecular formula is C21H31IN6O6. The van der Waals surface area contributed by atoms with E-state index in [1.807, 2.05) is 6.07 Å². The van der Waals surface area contributed by atoms with E-state index in [2.05, 4.69) is 43.5 Å². The van der Waals surface area contributed by atoms with Gasteiger partial charge in [0.1, 0.15) is 0 Å². The monoisotopic (exact) mass is 594 g/mol. The summed E-state index contributed by atoms with van der Waals surface area (Å²) in [6, 6.07) is 4.88. The molecule has 1 rings (SSSR count). The summed E-state index contributed by atoms with van der Waals surface area (Å²) in [5.74, 6) is -0.992. The number of nitrogens with two attached hydrogens (primary N) is 2. The number of unbranched alkanes of at least 4 members (excludes halogenated alkanes) is 2. The smallest absolute Gasteiger partial charge is 0.373 e. The Kier molecular flexibility index (Phi) is 16.5. The van der Waals surface area contributed by atoms with Crippen molar-refractivity contribution in [2.24, 2.45) is 16.5 Å². The quantitative estimate of drug-likeness (QED) is 0.0837. The molecular weight excluding hydrogens is 563 g/mol. The Labute approximate surface area is 211 Å². The van der Waals surface area contributed by atoms with Gasteiger partial charge in [-0.25, -0.2) is 9.79 Å². The molecule has 0 bridgehead atoms. The van der Waals surface area contributed by atoms with Crippen LogP contribution in [0.2, 0.25) is 0 Å². The maximum Gasteiger partial charge on any atom is 0.373 e.